The molecule has 0 aromatic rings. The lowest BCUT2D eigenvalue weighted by Crippen LogP contribution is -1.87. The quantitative estimate of drug-likeness (QED) is 0.345. The fraction of sp³-hybridized carbons (Fsp3) is 0.333. The fourth-order valence-corrected chi connectivity index (χ4v) is 0.235. The van der Waals surface area contributed by atoms with Gasteiger partial charge in [0.2, 0.25) is 0 Å². The van der Waals surface area contributed by atoms with Crippen molar-refractivity contribution >= 4 is 0 Å². The summed E-state index contributed by atoms with van der Waals surface area (Å²) in [6.45, 7) is 11.4. The number of methoxy groups -OCH3 is 1. The third-order valence-electron chi connectivity index (χ3n) is 0.638. The topological polar surface area (TPSA) is 18.5 Å². The van der Waals surface area contributed by atoms with Gasteiger partial charge in [-0.1, -0.05) is 18.7 Å². The van der Waals surface area contributed by atoms with Crippen LogP contribution in [0.4, 0.5) is 0 Å². The van der Waals surface area contributed by atoms with Gasteiger partial charge < -0.3 is 9.47 Å². The predicted molar refractivity (Wildman–Crippen MR) is 48.4 cm³/mol. The molecule has 0 aromatic carbocycles. The summed E-state index contributed by atoms with van der Waals surface area (Å²) in [5.41, 5.74) is 0. The van der Waals surface area contributed by atoms with Crippen LogP contribution < -0.4 is 0 Å². The summed E-state index contributed by atoms with van der Waals surface area (Å²) in [7, 11) is 1.56. The second kappa shape index (κ2) is 16.0. The summed E-state index contributed by atoms with van der Waals surface area (Å²) in [6.07, 6.45) is 4.80. The van der Waals surface area contributed by atoms with Gasteiger partial charge in [-0.05, 0) is 0 Å². The molecule has 0 atom stereocenters. The molecule has 0 aliphatic heterocycles. The first-order chi connectivity index (χ1) is 5.33. The molecule has 0 aromatic heterocycles. The van der Waals surface area contributed by atoms with Crippen molar-refractivity contribution in [3.63, 3.8) is 0 Å². The van der Waals surface area contributed by atoms with Gasteiger partial charge in [0.15, 0.2) is 0 Å². The Kier molecular flexibility index (Phi) is 18.4. The summed E-state index contributed by atoms with van der Waals surface area (Å²) in [6, 6.07) is 0. The molecule has 0 N–H and O–H groups in total. The largest absolute Gasteiger partial charge is 0.505 e. The Labute approximate surface area is 68.8 Å². The monoisotopic (exact) mass is 156 g/mol. The zero-order valence-electron chi connectivity index (χ0n) is 7.08. The summed E-state index contributed by atoms with van der Waals surface area (Å²) < 4.78 is 9.20. The molecule has 0 aliphatic rings. The smallest absolute Gasteiger partial charge is 0.0766 e. The van der Waals surface area contributed by atoms with Crippen LogP contribution >= 0.6 is 0 Å². The van der Waals surface area contributed by atoms with E-state index in [1.54, 1.807) is 19.3 Å². The number of hydrogen-bond acceptors (Lipinski definition) is 2. The Balaban J connectivity index is 0. The van der Waals surface area contributed by atoms with E-state index in [2.05, 4.69) is 24.5 Å². The lowest BCUT2D eigenvalue weighted by atomic mass is 10.6. The van der Waals surface area contributed by atoms with Crippen molar-refractivity contribution in [3.05, 3.63) is 38.2 Å². The van der Waals surface area contributed by atoms with Crippen molar-refractivity contribution in [1.82, 2.24) is 0 Å². The Morgan fingerprint density at radius 3 is 1.64 bits per heavy atom. The third kappa shape index (κ3) is 27.6. The Hall–Kier alpha value is -1.02. The van der Waals surface area contributed by atoms with Crippen LogP contribution in [0.3, 0.4) is 0 Å². The maximum atomic E-state index is 4.90. The summed E-state index contributed by atoms with van der Waals surface area (Å²) in [5.74, 6) is 0. The van der Waals surface area contributed by atoms with Crippen molar-refractivity contribution in [1.29, 1.82) is 0 Å². The first kappa shape index (κ1) is 12.6. The first-order valence-corrected chi connectivity index (χ1v) is 3.26. The van der Waals surface area contributed by atoms with Crippen molar-refractivity contribution < 1.29 is 9.47 Å². The number of rotatable bonds is 5. The van der Waals surface area contributed by atoms with Crippen LogP contribution in [0.15, 0.2) is 38.2 Å². The van der Waals surface area contributed by atoms with E-state index < -0.39 is 0 Å². The average Bonchev–Trinajstić information content (AvgIpc) is 2.06. The van der Waals surface area contributed by atoms with Gasteiger partial charge in [-0.25, -0.2) is 0 Å². The van der Waals surface area contributed by atoms with Gasteiger partial charge in [-0.2, -0.15) is 0 Å². The molecule has 64 valence electrons. The van der Waals surface area contributed by atoms with Crippen molar-refractivity contribution in [2.45, 2.75) is 0 Å². The highest BCUT2D eigenvalue weighted by atomic mass is 16.5. The van der Waals surface area contributed by atoms with Crippen LogP contribution in [-0.2, 0) is 9.47 Å². The molecule has 0 radical (unpaired) electrons. The normalized spacial score (nSPS) is 7.00. The molecule has 0 aliphatic carbocycles. The molecule has 2 nitrogen and oxygen atoms in total. The molecule has 2 heteroatoms. The molecule has 0 saturated carbocycles. The van der Waals surface area contributed by atoms with Crippen molar-refractivity contribution in [2.75, 3.05) is 20.3 Å². The van der Waals surface area contributed by atoms with E-state index in [0.717, 1.165) is 0 Å². The molecule has 0 amide bonds. The van der Waals surface area contributed by atoms with Crippen LogP contribution in [0.5, 0.6) is 0 Å². The van der Waals surface area contributed by atoms with Crippen molar-refractivity contribution in [2.24, 2.45) is 0 Å². The van der Waals surface area contributed by atoms with Gasteiger partial charge in [0.1, 0.15) is 0 Å². The average molecular weight is 156 g/mol. The lowest BCUT2D eigenvalue weighted by Gasteiger charge is -1.89. The standard InChI is InChI=1S/C6H10O.C3H6O/c1-3-5-7-6-4-2;1-3-4-2/h3-4H,1-2,5-6H2;3H,1H2,2H3. The predicted octanol–water partition coefficient (Wildman–Crippen LogP) is 2.15. The summed E-state index contributed by atoms with van der Waals surface area (Å²) >= 11 is 0. The van der Waals surface area contributed by atoms with E-state index >= 15 is 0 Å². The summed E-state index contributed by atoms with van der Waals surface area (Å²) in [5, 5.41) is 0. The van der Waals surface area contributed by atoms with E-state index in [4.69, 9.17) is 4.74 Å². The molecular weight excluding hydrogens is 140 g/mol. The Morgan fingerprint density at radius 1 is 1.09 bits per heavy atom. The lowest BCUT2D eigenvalue weighted by molar-refractivity contribution is 0.194. The minimum atomic E-state index is 0.617. The van der Waals surface area contributed by atoms with Crippen LogP contribution in [0.25, 0.3) is 0 Å². The van der Waals surface area contributed by atoms with E-state index in [9.17, 15) is 0 Å². The van der Waals surface area contributed by atoms with Crippen LogP contribution in [0, 0.1) is 0 Å². The van der Waals surface area contributed by atoms with E-state index in [1.807, 2.05) is 0 Å². The van der Waals surface area contributed by atoms with Gasteiger partial charge >= 0.3 is 0 Å². The van der Waals surface area contributed by atoms with Gasteiger partial charge in [0, 0.05) is 0 Å². The molecule has 0 heterocycles. The molecule has 11 heavy (non-hydrogen) atoms. The van der Waals surface area contributed by atoms with Gasteiger partial charge in [0.25, 0.3) is 0 Å². The fourth-order valence-electron chi connectivity index (χ4n) is 0.235. The number of hydrogen-bond donors (Lipinski definition) is 0. The number of ether oxygens (including phenoxy) is 2. The second-order valence-electron chi connectivity index (χ2n) is 1.52. The molecule has 0 saturated heterocycles. The molecule has 0 rings (SSSR count). The SMILES string of the molecule is C=CCOCC=C.C=COC. The Bertz CT molecular complexity index is 89.7. The summed E-state index contributed by atoms with van der Waals surface area (Å²) in [4.78, 5) is 0. The highest BCUT2D eigenvalue weighted by Crippen LogP contribution is 1.72. The van der Waals surface area contributed by atoms with Gasteiger partial charge in [0.05, 0.1) is 26.6 Å². The van der Waals surface area contributed by atoms with Crippen LogP contribution in [-0.4, -0.2) is 20.3 Å². The maximum absolute atomic E-state index is 4.90. The minimum Gasteiger partial charge on any atom is -0.505 e. The molecule has 0 spiro atoms. The van der Waals surface area contributed by atoms with Crippen LogP contribution in [0.2, 0.25) is 0 Å². The van der Waals surface area contributed by atoms with Gasteiger partial charge in [-0.15, -0.1) is 13.2 Å². The van der Waals surface area contributed by atoms with E-state index in [-0.39, 0.29) is 0 Å². The molecular formula is C9H16O2. The minimum absolute atomic E-state index is 0.617. The molecule has 0 fully saturated rings. The highest BCUT2D eigenvalue weighted by Gasteiger charge is 1.70. The maximum Gasteiger partial charge on any atom is 0.0766 e. The highest BCUT2D eigenvalue weighted by molar-refractivity contribution is 4.68. The zero-order chi connectivity index (χ0) is 8.95. The second-order valence-corrected chi connectivity index (χ2v) is 1.52. The zero-order valence-corrected chi connectivity index (χ0v) is 7.08. The first-order valence-electron chi connectivity index (χ1n) is 3.26. The Morgan fingerprint density at radius 2 is 1.45 bits per heavy atom. The van der Waals surface area contributed by atoms with Crippen molar-refractivity contribution in [3.8, 4) is 0 Å². The molecule has 0 bridgehead atoms. The third-order valence-corrected chi connectivity index (χ3v) is 0.638. The molecule has 0 unspecified atom stereocenters. The van der Waals surface area contributed by atoms with Gasteiger partial charge in [-0.3, -0.25) is 0 Å². The van der Waals surface area contributed by atoms with E-state index in [1.165, 1.54) is 6.26 Å². The van der Waals surface area contributed by atoms with Crippen LogP contribution in [0.1, 0.15) is 0 Å². The van der Waals surface area contributed by atoms with E-state index in [0.29, 0.717) is 13.2 Å².